The molecule has 0 spiro atoms. The van der Waals surface area contributed by atoms with Gasteiger partial charge in [0.15, 0.2) is 0 Å². The van der Waals surface area contributed by atoms with Gasteiger partial charge in [0.25, 0.3) is 0 Å². The van der Waals surface area contributed by atoms with Crippen LogP contribution in [0, 0.1) is 0 Å². The molecule has 5 rings (SSSR count). The number of aromatic nitrogens is 2. The highest BCUT2D eigenvalue weighted by Crippen LogP contribution is 2.41. The molecule has 1 saturated heterocycles. The van der Waals surface area contributed by atoms with Crippen molar-refractivity contribution in [2.75, 3.05) is 13.1 Å². The zero-order valence-corrected chi connectivity index (χ0v) is 24.5. The minimum Gasteiger partial charge on any atom is -0.399 e. The number of benzene rings is 1. The molecule has 0 atom stereocenters. The van der Waals surface area contributed by atoms with Crippen LogP contribution in [0.4, 0.5) is 0 Å². The molecular weight excluding hydrogens is 531 g/mol. The molecule has 2 N–H and O–H groups in total. The molecule has 3 aromatic heterocycles. The number of imidazole rings is 1. The number of fused-ring (bicyclic) bond motifs is 1. The lowest BCUT2D eigenvalue weighted by Gasteiger charge is -2.32. The van der Waals surface area contributed by atoms with Crippen molar-refractivity contribution >= 4 is 57.0 Å². The summed E-state index contributed by atoms with van der Waals surface area (Å²) in [4.78, 5) is 32.5. The largest absolute Gasteiger partial charge is 0.497 e. The van der Waals surface area contributed by atoms with Gasteiger partial charge in [-0.25, -0.2) is 4.98 Å². The molecule has 1 aromatic carbocycles. The van der Waals surface area contributed by atoms with Crippen LogP contribution in [0.1, 0.15) is 46.9 Å². The maximum absolute atomic E-state index is 12.4. The standard InChI is InChI=1S/C28H33BN4O4S2/c1-6-11-33(24(35)13-30-17-34)14-23-31-12-22(32-23)19-9-7-18(8-10-19)20-15-38-26-21(16-39-25(20)26)29-36-27(2,3)28(4,5)37-29/h7-10,12,15-17H,6,11,13-14H2,1-5H3,(H,30,34)(H,31,32). The van der Waals surface area contributed by atoms with Crippen molar-refractivity contribution in [3.63, 3.8) is 0 Å². The van der Waals surface area contributed by atoms with E-state index in [4.69, 9.17) is 9.31 Å². The van der Waals surface area contributed by atoms with Crippen LogP contribution in [-0.2, 0) is 25.4 Å². The van der Waals surface area contributed by atoms with Gasteiger partial charge in [0, 0.05) is 27.7 Å². The second kappa shape index (κ2) is 10.9. The number of hydrogen-bond acceptors (Lipinski definition) is 7. The summed E-state index contributed by atoms with van der Waals surface area (Å²) in [5.74, 6) is 0.568. The van der Waals surface area contributed by atoms with E-state index in [-0.39, 0.29) is 30.8 Å². The Bertz CT molecular complexity index is 1460. The number of H-pyrrole nitrogens is 1. The van der Waals surface area contributed by atoms with Crippen LogP contribution in [0.15, 0.2) is 41.2 Å². The molecule has 0 bridgehead atoms. The maximum atomic E-state index is 12.4. The van der Waals surface area contributed by atoms with Crippen LogP contribution in [0.3, 0.4) is 0 Å². The third kappa shape index (κ3) is 5.41. The minimum absolute atomic E-state index is 0.0171. The van der Waals surface area contributed by atoms with Crippen molar-refractivity contribution in [2.24, 2.45) is 0 Å². The fourth-order valence-electron chi connectivity index (χ4n) is 4.57. The number of carbonyl (C=O) groups excluding carboxylic acids is 2. The van der Waals surface area contributed by atoms with Gasteiger partial charge in [0.2, 0.25) is 12.3 Å². The number of aromatic amines is 1. The number of hydrogen-bond donors (Lipinski definition) is 2. The lowest BCUT2D eigenvalue weighted by molar-refractivity contribution is -0.132. The van der Waals surface area contributed by atoms with E-state index in [9.17, 15) is 9.59 Å². The Hall–Kier alpha value is -2.99. The van der Waals surface area contributed by atoms with Crippen LogP contribution in [-0.4, -0.2) is 58.6 Å². The number of nitrogens with one attached hydrogen (secondary N) is 2. The third-order valence-corrected chi connectivity index (χ3v) is 9.67. The van der Waals surface area contributed by atoms with Gasteiger partial charge in [-0.1, -0.05) is 31.2 Å². The first-order valence-electron chi connectivity index (χ1n) is 13.1. The molecule has 204 valence electrons. The lowest BCUT2D eigenvalue weighted by atomic mass is 9.81. The van der Waals surface area contributed by atoms with Gasteiger partial charge in [-0.2, -0.15) is 0 Å². The molecule has 0 aliphatic carbocycles. The smallest absolute Gasteiger partial charge is 0.399 e. The topological polar surface area (TPSA) is 96.6 Å². The van der Waals surface area contributed by atoms with Crippen LogP contribution in [0.25, 0.3) is 31.8 Å². The Morgan fingerprint density at radius 1 is 1.08 bits per heavy atom. The van der Waals surface area contributed by atoms with Gasteiger partial charge in [0.05, 0.1) is 40.9 Å². The zero-order chi connectivity index (χ0) is 27.8. The average Bonchev–Trinajstić information content (AvgIpc) is 3.66. The summed E-state index contributed by atoms with van der Waals surface area (Å²) in [5.41, 5.74) is 4.62. The number of nitrogens with zero attached hydrogens (tertiary/aromatic N) is 2. The molecule has 4 aromatic rings. The second-order valence-electron chi connectivity index (χ2n) is 10.7. The van der Waals surface area contributed by atoms with Gasteiger partial charge in [0.1, 0.15) is 5.82 Å². The molecule has 39 heavy (non-hydrogen) atoms. The summed E-state index contributed by atoms with van der Waals surface area (Å²) in [5, 5.41) is 6.81. The SMILES string of the molecule is CCCN(Cc1ncc(-c2ccc(-c3csc4c(B5OC(C)(C)C(C)(C)O5)csc34)cc2)[nH]1)C(=O)CNC=O. The number of rotatable bonds is 10. The Morgan fingerprint density at radius 3 is 2.41 bits per heavy atom. The summed E-state index contributed by atoms with van der Waals surface area (Å²) in [6.45, 7) is 11.3. The second-order valence-corrected chi connectivity index (χ2v) is 12.5. The van der Waals surface area contributed by atoms with Crippen LogP contribution in [0.2, 0.25) is 0 Å². The minimum atomic E-state index is -0.369. The average molecular weight is 565 g/mol. The van der Waals surface area contributed by atoms with E-state index in [0.717, 1.165) is 28.7 Å². The lowest BCUT2D eigenvalue weighted by Crippen LogP contribution is -2.41. The first kappa shape index (κ1) is 27.6. The van der Waals surface area contributed by atoms with Gasteiger partial charge >= 0.3 is 7.12 Å². The molecule has 0 saturated carbocycles. The van der Waals surface area contributed by atoms with Crippen molar-refractivity contribution in [3.8, 4) is 22.4 Å². The van der Waals surface area contributed by atoms with E-state index >= 15 is 0 Å². The summed E-state index contributed by atoms with van der Waals surface area (Å²) in [6, 6.07) is 8.43. The Labute approximate surface area is 236 Å². The predicted octanol–water partition coefficient (Wildman–Crippen LogP) is 4.80. The Kier molecular flexibility index (Phi) is 7.69. The quantitative estimate of drug-likeness (QED) is 0.213. The van der Waals surface area contributed by atoms with E-state index in [0.29, 0.717) is 25.3 Å². The summed E-state index contributed by atoms with van der Waals surface area (Å²) in [7, 11) is -0.364. The van der Waals surface area contributed by atoms with Crippen LogP contribution < -0.4 is 10.8 Å². The van der Waals surface area contributed by atoms with E-state index in [1.165, 1.54) is 15.0 Å². The molecule has 8 nitrogen and oxygen atoms in total. The van der Waals surface area contributed by atoms with E-state index < -0.39 is 0 Å². The van der Waals surface area contributed by atoms with E-state index in [1.807, 2.05) is 6.92 Å². The number of thiophene rings is 2. The highest BCUT2D eigenvalue weighted by Gasteiger charge is 2.52. The number of carbonyl (C=O) groups is 2. The van der Waals surface area contributed by atoms with E-state index in [1.54, 1.807) is 33.8 Å². The summed E-state index contributed by atoms with van der Waals surface area (Å²) in [6.07, 6.45) is 3.15. The fraction of sp³-hybridized carbons (Fsp3) is 0.393. The molecule has 1 aliphatic heterocycles. The first-order valence-corrected chi connectivity index (χ1v) is 14.8. The van der Waals surface area contributed by atoms with Gasteiger partial charge in [-0.05, 0) is 50.6 Å². The van der Waals surface area contributed by atoms with Gasteiger partial charge < -0.3 is 24.5 Å². The maximum Gasteiger partial charge on any atom is 0.497 e. The summed E-state index contributed by atoms with van der Waals surface area (Å²) >= 11 is 3.46. The monoisotopic (exact) mass is 564 g/mol. The fourth-order valence-corrected chi connectivity index (χ4v) is 7.01. The normalized spacial score (nSPS) is 16.1. The van der Waals surface area contributed by atoms with Crippen molar-refractivity contribution in [2.45, 2.75) is 58.8 Å². The molecule has 1 fully saturated rings. The predicted molar refractivity (Wildman–Crippen MR) is 158 cm³/mol. The van der Waals surface area contributed by atoms with Crippen LogP contribution >= 0.6 is 22.7 Å². The molecule has 2 amide bonds. The highest BCUT2D eigenvalue weighted by molar-refractivity contribution is 7.29. The van der Waals surface area contributed by atoms with Crippen molar-refractivity contribution < 1.29 is 18.9 Å². The molecule has 0 radical (unpaired) electrons. The Balaban J connectivity index is 1.31. The van der Waals surface area contributed by atoms with Crippen molar-refractivity contribution in [1.29, 1.82) is 0 Å². The zero-order valence-electron chi connectivity index (χ0n) is 22.9. The molecular formula is C28H33BN4O4S2. The highest BCUT2D eigenvalue weighted by atomic mass is 32.1. The van der Waals surface area contributed by atoms with Crippen molar-refractivity contribution in [3.05, 3.63) is 47.0 Å². The molecule has 4 heterocycles. The van der Waals surface area contributed by atoms with Gasteiger partial charge in [-0.3, -0.25) is 9.59 Å². The van der Waals surface area contributed by atoms with Crippen LogP contribution in [0.5, 0.6) is 0 Å². The molecule has 0 unspecified atom stereocenters. The van der Waals surface area contributed by atoms with Gasteiger partial charge in [-0.15, -0.1) is 22.7 Å². The first-order chi connectivity index (χ1) is 18.6. The van der Waals surface area contributed by atoms with E-state index in [2.05, 4.69) is 78.0 Å². The summed E-state index contributed by atoms with van der Waals surface area (Å²) < 4.78 is 15.1. The molecule has 11 heteroatoms. The van der Waals surface area contributed by atoms with Crippen molar-refractivity contribution in [1.82, 2.24) is 20.2 Å². The molecule has 1 aliphatic rings. The third-order valence-electron chi connectivity index (χ3n) is 7.48. The number of amides is 2. The Morgan fingerprint density at radius 2 is 1.74 bits per heavy atom.